The monoisotopic (exact) mass is 260 g/mol. The molecule has 2 rings (SSSR count). The fraction of sp³-hybridized carbons (Fsp3) is 0.647. The third-order valence-electron chi connectivity index (χ3n) is 4.06. The highest BCUT2D eigenvalue weighted by Gasteiger charge is 2.24. The highest BCUT2D eigenvalue weighted by atomic mass is 15.2. The first-order valence-corrected chi connectivity index (χ1v) is 7.84. The molecule has 2 N–H and O–H groups in total. The number of nitrogens with two attached hydrogens (primary N) is 1. The summed E-state index contributed by atoms with van der Waals surface area (Å²) in [6.07, 6.45) is 5.13. The van der Waals surface area contributed by atoms with E-state index in [1.807, 2.05) is 0 Å². The predicted molar refractivity (Wildman–Crippen MR) is 82.4 cm³/mol. The van der Waals surface area contributed by atoms with Gasteiger partial charge in [0.05, 0.1) is 0 Å². The number of rotatable bonds is 8. The first kappa shape index (κ1) is 14.5. The van der Waals surface area contributed by atoms with Gasteiger partial charge in [-0.3, -0.25) is 4.90 Å². The third kappa shape index (κ3) is 3.80. The second kappa shape index (κ2) is 7.06. The number of nitrogens with zero attached hydrogens (tertiary/aromatic N) is 1. The van der Waals surface area contributed by atoms with Crippen LogP contribution in [0.25, 0.3) is 0 Å². The minimum absolute atomic E-state index is 0.383. The van der Waals surface area contributed by atoms with E-state index in [0.717, 1.165) is 19.0 Å². The van der Waals surface area contributed by atoms with Crippen LogP contribution in [0, 0.1) is 0 Å². The summed E-state index contributed by atoms with van der Waals surface area (Å²) in [5.41, 5.74) is 8.93. The van der Waals surface area contributed by atoms with Crippen molar-refractivity contribution in [3.05, 3.63) is 35.4 Å². The van der Waals surface area contributed by atoms with Crippen LogP contribution in [0.1, 0.15) is 62.6 Å². The van der Waals surface area contributed by atoms with Crippen LogP contribution in [0.3, 0.4) is 0 Å². The van der Waals surface area contributed by atoms with Crippen LogP contribution in [-0.4, -0.2) is 24.5 Å². The molecule has 1 atom stereocenters. The molecule has 1 aromatic carbocycles. The summed E-state index contributed by atoms with van der Waals surface area (Å²) in [5.74, 6) is 0.841. The van der Waals surface area contributed by atoms with E-state index in [2.05, 4.69) is 43.0 Å². The summed E-state index contributed by atoms with van der Waals surface area (Å²) in [5, 5.41) is 0. The molecule has 0 spiro atoms. The topological polar surface area (TPSA) is 29.3 Å². The van der Waals surface area contributed by atoms with Crippen LogP contribution in [0.15, 0.2) is 24.3 Å². The highest BCUT2D eigenvalue weighted by molar-refractivity contribution is 5.30. The molecule has 1 saturated carbocycles. The zero-order valence-corrected chi connectivity index (χ0v) is 12.4. The van der Waals surface area contributed by atoms with Crippen LogP contribution >= 0.6 is 0 Å². The van der Waals surface area contributed by atoms with Crippen molar-refractivity contribution in [1.82, 2.24) is 4.90 Å². The molecule has 1 aliphatic carbocycles. The molecular formula is C17H28N2. The van der Waals surface area contributed by atoms with Gasteiger partial charge in [-0.25, -0.2) is 0 Å². The maximum atomic E-state index is 6.03. The van der Waals surface area contributed by atoms with Crippen LogP contribution in [0.5, 0.6) is 0 Å². The molecule has 0 aromatic heterocycles. The maximum Gasteiger partial charge on any atom is 0.0470 e. The largest absolute Gasteiger partial charge is 0.329 e. The minimum Gasteiger partial charge on any atom is -0.329 e. The van der Waals surface area contributed by atoms with Crippen molar-refractivity contribution in [1.29, 1.82) is 0 Å². The van der Waals surface area contributed by atoms with Crippen molar-refractivity contribution in [2.24, 2.45) is 5.73 Å². The summed E-state index contributed by atoms with van der Waals surface area (Å²) in [6.45, 7) is 7.47. The Morgan fingerprint density at radius 1 is 1.11 bits per heavy atom. The van der Waals surface area contributed by atoms with Gasteiger partial charge in [-0.05, 0) is 55.8 Å². The van der Waals surface area contributed by atoms with E-state index in [9.17, 15) is 0 Å². The Morgan fingerprint density at radius 3 is 2.11 bits per heavy atom. The van der Waals surface area contributed by atoms with E-state index in [1.54, 1.807) is 0 Å². The molecule has 0 aliphatic heterocycles. The maximum absolute atomic E-state index is 6.03. The van der Waals surface area contributed by atoms with Crippen molar-refractivity contribution >= 4 is 0 Å². The van der Waals surface area contributed by atoms with E-state index >= 15 is 0 Å². The smallest absolute Gasteiger partial charge is 0.0470 e. The number of benzene rings is 1. The summed E-state index contributed by atoms with van der Waals surface area (Å²) in [6, 6.07) is 9.60. The highest BCUT2D eigenvalue weighted by Crippen LogP contribution is 2.40. The SMILES string of the molecule is CCCN(CCC)C(CN)c1ccc(C2CC2)cc1. The molecule has 2 nitrogen and oxygen atoms in total. The molecule has 0 bridgehead atoms. The van der Waals surface area contributed by atoms with Crippen molar-refractivity contribution in [2.75, 3.05) is 19.6 Å². The summed E-state index contributed by atoms with van der Waals surface area (Å²) in [4.78, 5) is 2.53. The van der Waals surface area contributed by atoms with E-state index < -0.39 is 0 Å². The van der Waals surface area contributed by atoms with Gasteiger partial charge >= 0.3 is 0 Å². The van der Waals surface area contributed by atoms with E-state index in [-0.39, 0.29) is 0 Å². The predicted octanol–water partition coefficient (Wildman–Crippen LogP) is 3.69. The van der Waals surface area contributed by atoms with E-state index in [4.69, 9.17) is 5.73 Å². The first-order chi connectivity index (χ1) is 9.30. The molecule has 0 amide bonds. The zero-order chi connectivity index (χ0) is 13.7. The van der Waals surface area contributed by atoms with Crippen molar-refractivity contribution in [3.63, 3.8) is 0 Å². The van der Waals surface area contributed by atoms with Crippen LogP contribution < -0.4 is 5.73 Å². The summed E-state index contributed by atoms with van der Waals surface area (Å²) >= 11 is 0. The van der Waals surface area contributed by atoms with Crippen LogP contribution in [0.4, 0.5) is 0 Å². The fourth-order valence-electron chi connectivity index (χ4n) is 2.90. The first-order valence-electron chi connectivity index (χ1n) is 7.84. The van der Waals surface area contributed by atoms with Crippen molar-refractivity contribution in [3.8, 4) is 0 Å². The Kier molecular flexibility index (Phi) is 5.41. The summed E-state index contributed by atoms with van der Waals surface area (Å²) in [7, 11) is 0. The van der Waals surface area contributed by atoms with Gasteiger partial charge in [0, 0.05) is 12.6 Å². The molecule has 106 valence electrons. The average Bonchev–Trinajstić information content (AvgIpc) is 3.25. The van der Waals surface area contributed by atoms with Crippen molar-refractivity contribution < 1.29 is 0 Å². The Labute approximate surface area is 118 Å². The normalized spacial score (nSPS) is 16.8. The van der Waals surface area contributed by atoms with Crippen LogP contribution in [-0.2, 0) is 0 Å². The Morgan fingerprint density at radius 2 is 1.68 bits per heavy atom. The van der Waals surface area contributed by atoms with E-state index in [0.29, 0.717) is 12.6 Å². The lowest BCUT2D eigenvalue weighted by Gasteiger charge is -2.30. The lowest BCUT2D eigenvalue weighted by atomic mass is 10.0. The number of hydrogen-bond acceptors (Lipinski definition) is 2. The van der Waals surface area contributed by atoms with Gasteiger partial charge in [0.1, 0.15) is 0 Å². The average molecular weight is 260 g/mol. The molecule has 19 heavy (non-hydrogen) atoms. The Balaban J connectivity index is 2.09. The standard InChI is InChI=1S/C17H28N2/c1-3-11-19(12-4-2)17(13-18)16-9-7-15(8-10-16)14-5-6-14/h7-10,14,17H,3-6,11-13,18H2,1-2H3. The third-order valence-corrected chi connectivity index (χ3v) is 4.06. The Bertz CT molecular complexity index is 361. The lowest BCUT2D eigenvalue weighted by molar-refractivity contribution is 0.202. The minimum atomic E-state index is 0.383. The second-order valence-electron chi connectivity index (χ2n) is 5.73. The van der Waals surface area contributed by atoms with Gasteiger partial charge in [-0.2, -0.15) is 0 Å². The quantitative estimate of drug-likeness (QED) is 0.772. The van der Waals surface area contributed by atoms with Crippen LogP contribution in [0.2, 0.25) is 0 Å². The van der Waals surface area contributed by atoms with Gasteiger partial charge in [0.25, 0.3) is 0 Å². The van der Waals surface area contributed by atoms with Gasteiger partial charge in [-0.15, -0.1) is 0 Å². The van der Waals surface area contributed by atoms with Crippen molar-refractivity contribution in [2.45, 2.75) is 51.5 Å². The van der Waals surface area contributed by atoms with Gasteiger partial charge < -0.3 is 5.73 Å². The van der Waals surface area contributed by atoms with Gasteiger partial charge in [-0.1, -0.05) is 38.1 Å². The molecule has 2 heteroatoms. The van der Waals surface area contributed by atoms with Gasteiger partial charge in [0.15, 0.2) is 0 Å². The molecule has 0 saturated heterocycles. The summed E-state index contributed by atoms with van der Waals surface area (Å²) < 4.78 is 0. The van der Waals surface area contributed by atoms with E-state index in [1.165, 1.54) is 36.8 Å². The molecular weight excluding hydrogens is 232 g/mol. The molecule has 1 unspecified atom stereocenters. The zero-order valence-electron chi connectivity index (χ0n) is 12.4. The lowest BCUT2D eigenvalue weighted by Crippen LogP contribution is -2.35. The molecule has 1 aromatic rings. The van der Waals surface area contributed by atoms with Gasteiger partial charge in [0.2, 0.25) is 0 Å². The fourth-order valence-corrected chi connectivity index (χ4v) is 2.90. The molecule has 1 fully saturated rings. The Hall–Kier alpha value is -0.860. The molecule has 0 radical (unpaired) electrons. The number of hydrogen-bond donors (Lipinski definition) is 1. The second-order valence-corrected chi connectivity index (χ2v) is 5.73. The molecule has 1 aliphatic rings. The molecule has 0 heterocycles.